The molecule has 1 atom stereocenters. The van der Waals surface area contributed by atoms with Crippen molar-refractivity contribution in [1.29, 1.82) is 0 Å². The van der Waals surface area contributed by atoms with Crippen LogP contribution in [0, 0.1) is 0 Å². The number of amides is 1. The number of hydrogen-bond donors (Lipinski definition) is 3. The van der Waals surface area contributed by atoms with Gasteiger partial charge >= 0.3 is 0 Å². The standard InChI is InChI=1S/C22H31N5O4S/c1-26(32(2,30)31)12-10-24-21-13-18(7-9-23-21)22(29)25-14-20(28)16-27-11-8-17-5-3-4-6-19(17)15-27/h3-7,9,13,20,28H,8,10-12,14-16H2,1-2H3,(H,23,24)(H,25,29). The van der Waals surface area contributed by atoms with E-state index < -0.39 is 16.1 Å². The first-order chi connectivity index (χ1) is 15.2. The number of nitrogens with zero attached hydrogens (tertiary/aromatic N) is 3. The van der Waals surface area contributed by atoms with E-state index >= 15 is 0 Å². The van der Waals surface area contributed by atoms with Crippen molar-refractivity contribution in [3.8, 4) is 0 Å². The summed E-state index contributed by atoms with van der Waals surface area (Å²) >= 11 is 0. The van der Waals surface area contributed by atoms with Gasteiger partial charge in [0.15, 0.2) is 0 Å². The molecule has 1 aliphatic rings. The molecule has 0 radical (unpaired) electrons. The molecule has 0 fully saturated rings. The monoisotopic (exact) mass is 461 g/mol. The van der Waals surface area contributed by atoms with E-state index in [1.165, 1.54) is 28.7 Å². The number of carbonyl (C=O) groups excluding carboxylic acids is 1. The summed E-state index contributed by atoms with van der Waals surface area (Å²) in [6.07, 6.45) is 2.95. The summed E-state index contributed by atoms with van der Waals surface area (Å²) in [6.45, 7) is 2.97. The molecule has 2 aromatic rings. The van der Waals surface area contributed by atoms with Crippen molar-refractivity contribution in [3.63, 3.8) is 0 Å². The average molecular weight is 462 g/mol. The number of sulfonamides is 1. The number of carbonyl (C=O) groups is 1. The quantitative estimate of drug-likeness (QED) is 0.473. The number of β-amino-alcohol motifs (C(OH)–C–C–N with tert-alkyl or cyclic N) is 1. The molecule has 1 amide bonds. The van der Waals surface area contributed by atoms with Gasteiger partial charge in [0.2, 0.25) is 10.0 Å². The minimum absolute atomic E-state index is 0.154. The highest BCUT2D eigenvalue weighted by Gasteiger charge is 2.19. The molecule has 1 aromatic carbocycles. The Balaban J connectivity index is 1.44. The van der Waals surface area contributed by atoms with E-state index in [-0.39, 0.29) is 19.0 Å². The molecule has 1 aliphatic heterocycles. The molecule has 32 heavy (non-hydrogen) atoms. The highest BCUT2D eigenvalue weighted by molar-refractivity contribution is 7.88. The average Bonchev–Trinajstić information content (AvgIpc) is 2.77. The first-order valence-corrected chi connectivity index (χ1v) is 12.4. The first-order valence-electron chi connectivity index (χ1n) is 10.6. The van der Waals surface area contributed by atoms with Gasteiger partial charge < -0.3 is 15.7 Å². The Morgan fingerprint density at radius 2 is 2.03 bits per heavy atom. The summed E-state index contributed by atoms with van der Waals surface area (Å²) < 4.78 is 24.1. The summed E-state index contributed by atoms with van der Waals surface area (Å²) in [5.41, 5.74) is 3.06. The summed E-state index contributed by atoms with van der Waals surface area (Å²) in [4.78, 5) is 18.8. The maximum Gasteiger partial charge on any atom is 0.251 e. The minimum Gasteiger partial charge on any atom is -0.390 e. The fraction of sp³-hybridized carbons (Fsp3) is 0.455. The van der Waals surface area contributed by atoms with Crippen LogP contribution in [0.5, 0.6) is 0 Å². The Kier molecular flexibility index (Phi) is 8.19. The zero-order chi connectivity index (χ0) is 23.1. The largest absolute Gasteiger partial charge is 0.390 e. The third kappa shape index (κ3) is 6.99. The van der Waals surface area contributed by atoms with Gasteiger partial charge in [0, 0.05) is 58.1 Å². The van der Waals surface area contributed by atoms with Crippen molar-refractivity contribution in [2.24, 2.45) is 0 Å². The summed E-state index contributed by atoms with van der Waals surface area (Å²) in [7, 11) is -1.74. The zero-order valence-electron chi connectivity index (χ0n) is 18.5. The molecule has 2 heterocycles. The number of benzene rings is 1. The van der Waals surface area contributed by atoms with Crippen LogP contribution in [0.4, 0.5) is 5.82 Å². The fourth-order valence-electron chi connectivity index (χ4n) is 3.56. The van der Waals surface area contributed by atoms with Crippen molar-refractivity contribution >= 4 is 21.7 Å². The minimum atomic E-state index is -3.24. The number of anilines is 1. The van der Waals surface area contributed by atoms with E-state index in [0.29, 0.717) is 24.5 Å². The van der Waals surface area contributed by atoms with Crippen LogP contribution in [0.1, 0.15) is 21.5 Å². The van der Waals surface area contributed by atoms with Gasteiger partial charge in [-0.1, -0.05) is 24.3 Å². The lowest BCUT2D eigenvalue weighted by Crippen LogP contribution is -2.42. The Bertz CT molecular complexity index is 1030. The lowest BCUT2D eigenvalue weighted by Gasteiger charge is -2.30. The van der Waals surface area contributed by atoms with E-state index in [1.54, 1.807) is 12.1 Å². The molecule has 0 bridgehead atoms. The van der Waals surface area contributed by atoms with Crippen LogP contribution < -0.4 is 10.6 Å². The Morgan fingerprint density at radius 1 is 1.28 bits per heavy atom. The number of hydrogen-bond acceptors (Lipinski definition) is 7. The van der Waals surface area contributed by atoms with Crippen molar-refractivity contribution in [1.82, 2.24) is 19.5 Å². The normalized spacial score (nSPS) is 15.2. The molecule has 0 saturated heterocycles. The lowest BCUT2D eigenvalue weighted by atomic mass is 10.00. The van der Waals surface area contributed by atoms with Gasteiger partial charge in [0.1, 0.15) is 5.82 Å². The molecular weight excluding hydrogens is 430 g/mol. The molecule has 0 saturated carbocycles. The third-order valence-electron chi connectivity index (χ3n) is 5.50. The number of aromatic nitrogens is 1. The molecule has 3 rings (SSSR count). The van der Waals surface area contributed by atoms with Gasteiger partial charge in [-0.3, -0.25) is 9.69 Å². The van der Waals surface area contributed by atoms with Gasteiger partial charge in [-0.05, 0) is 29.7 Å². The van der Waals surface area contributed by atoms with Crippen LogP contribution in [0.25, 0.3) is 0 Å². The molecule has 1 aromatic heterocycles. The summed E-state index contributed by atoms with van der Waals surface area (Å²) in [5, 5.41) is 16.2. The molecule has 10 heteroatoms. The number of fused-ring (bicyclic) bond motifs is 1. The molecule has 1 unspecified atom stereocenters. The number of nitrogens with one attached hydrogen (secondary N) is 2. The Labute approximate surface area is 189 Å². The topological polar surface area (TPSA) is 115 Å². The van der Waals surface area contributed by atoms with Gasteiger partial charge in [-0.2, -0.15) is 0 Å². The van der Waals surface area contributed by atoms with Gasteiger partial charge in [-0.15, -0.1) is 0 Å². The fourth-order valence-corrected chi connectivity index (χ4v) is 3.98. The van der Waals surface area contributed by atoms with Crippen LogP contribution in [0.15, 0.2) is 42.6 Å². The van der Waals surface area contributed by atoms with E-state index in [0.717, 1.165) is 25.8 Å². The molecule has 0 spiro atoms. The number of aliphatic hydroxyl groups excluding tert-OH is 1. The predicted octanol–water partition coefficient (Wildman–Crippen LogP) is 0.534. The second-order valence-corrected chi connectivity index (χ2v) is 10.1. The van der Waals surface area contributed by atoms with Gasteiger partial charge in [0.25, 0.3) is 5.91 Å². The van der Waals surface area contributed by atoms with Crippen LogP contribution in [0.3, 0.4) is 0 Å². The molecule has 174 valence electrons. The number of pyridine rings is 1. The maximum absolute atomic E-state index is 12.5. The van der Waals surface area contributed by atoms with Gasteiger partial charge in [0.05, 0.1) is 12.4 Å². The van der Waals surface area contributed by atoms with Crippen LogP contribution in [-0.4, -0.2) is 85.8 Å². The maximum atomic E-state index is 12.5. The highest BCUT2D eigenvalue weighted by Crippen LogP contribution is 2.18. The van der Waals surface area contributed by atoms with Crippen LogP contribution in [-0.2, 0) is 23.0 Å². The Hall–Kier alpha value is -2.53. The van der Waals surface area contributed by atoms with E-state index in [1.807, 2.05) is 12.1 Å². The second kappa shape index (κ2) is 10.9. The summed E-state index contributed by atoms with van der Waals surface area (Å²) in [5.74, 6) is 0.179. The first kappa shape index (κ1) is 24.1. The van der Waals surface area contributed by atoms with E-state index in [4.69, 9.17) is 0 Å². The zero-order valence-corrected chi connectivity index (χ0v) is 19.3. The third-order valence-corrected chi connectivity index (χ3v) is 6.81. The van der Waals surface area contributed by atoms with Crippen molar-refractivity contribution in [2.45, 2.75) is 19.1 Å². The highest BCUT2D eigenvalue weighted by atomic mass is 32.2. The predicted molar refractivity (Wildman–Crippen MR) is 124 cm³/mol. The van der Waals surface area contributed by atoms with Gasteiger partial charge in [-0.25, -0.2) is 17.7 Å². The summed E-state index contributed by atoms with van der Waals surface area (Å²) in [6, 6.07) is 11.5. The van der Waals surface area contributed by atoms with E-state index in [9.17, 15) is 18.3 Å². The number of likely N-dealkylation sites (N-methyl/N-ethyl adjacent to an activating group) is 1. The molecule has 3 N–H and O–H groups in total. The lowest BCUT2D eigenvalue weighted by molar-refractivity contribution is 0.0842. The van der Waals surface area contributed by atoms with Crippen molar-refractivity contribution in [3.05, 3.63) is 59.3 Å². The van der Waals surface area contributed by atoms with Crippen LogP contribution in [0.2, 0.25) is 0 Å². The number of aliphatic hydroxyl groups is 1. The van der Waals surface area contributed by atoms with Crippen LogP contribution >= 0.6 is 0 Å². The smallest absolute Gasteiger partial charge is 0.251 e. The van der Waals surface area contributed by atoms with Crippen molar-refractivity contribution < 1.29 is 18.3 Å². The SMILES string of the molecule is CN(CCNc1cc(C(=O)NCC(O)CN2CCc3ccccc3C2)ccn1)S(C)(=O)=O. The van der Waals surface area contributed by atoms with E-state index in [2.05, 4.69) is 32.7 Å². The molecular formula is C22H31N5O4S. The molecule has 0 aliphatic carbocycles. The number of rotatable bonds is 10. The molecule has 9 nitrogen and oxygen atoms in total. The second-order valence-electron chi connectivity index (χ2n) is 8.06. The van der Waals surface area contributed by atoms with Crippen molar-refractivity contribution in [2.75, 3.05) is 51.3 Å². The Morgan fingerprint density at radius 3 is 2.78 bits per heavy atom.